The third kappa shape index (κ3) is 9.49. The Bertz CT molecular complexity index is 7860. The molecule has 0 N–H and O–H groups in total. The maximum Gasteiger partial charge on any atom is 0.145 e. The fourth-order valence-electron chi connectivity index (χ4n) is 18.0. The van der Waals surface area contributed by atoms with Crippen molar-refractivity contribution in [1.29, 1.82) is 0 Å². The van der Waals surface area contributed by atoms with Crippen LogP contribution in [0.25, 0.3) is 220 Å². The van der Waals surface area contributed by atoms with Gasteiger partial charge in [0.2, 0.25) is 0 Å². The monoisotopic (exact) mass is 1400 g/mol. The molecule has 0 aliphatic heterocycles. The minimum atomic E-state index is 0.905. The SMILES string of the molecule is c1ccc(-c2ccc(-n3c4ccccc4c4cc(-c5ccc6c(c5)c5c7c(ccc5n6-c5cccc6ccccc56)oc5ccccc57)ccc43)cc2)cc1.c1ccc(-c2ccc(-n3c4ccccc4c4cc(-c5ccc6c(c5)c5c7oc8ccccc8c7ccc5n6-c5cccc6ccccc56)ccc43)cc2)cc1. The molecule has 24 rings (SSSR count). The maximum absolute atomic E-state index is 6.72. The van der Waals surface area contributed by atoms with E-state index in [9.17, 15) is 0 Å². The van der Waals surface area contributed by atoms with Gasteiger partial charge >= 0.3 is 0 Å². The predicted octanol–water partition coefficient (Wildman–Crippen LogP) is 28.5. The van der Waals surface area contributed by atoms with E-state index in [2.05, 4.69) is 394 Å². The van der Waals surface area contributed by atoms with Crippen molar-refractivity contribution in [3.8, 4) is 67.3 Å². The molecule has 6 heteroatoms. The number of furan rings is 2. The van der Waals surface area contributed by atoms with E-state index < -0.39 is 0 Å². The van der Waals surface area contributed by atoms with Crippen LogP contribution in [-0.4, -0.2) is 18.3 Å². The molecule has 6 aromatic heterocycles. The number of hydrogen-bond acceptors (Lipinski definition) is 2. The first-order valence-electron chi connectivity index (χ1n) is 37.7. The summed E-state index contributed by atoms with van der Waals surface area (Å²) < 4.78 is 22.8. The molecule has 0 radical (unpaired) electrons. The van der Waals surface area contributed by atoms with E-state index in [1.54, 1.807) is 0 Å². The second kappa shape index (κ2) is 24.4. The molecule has 0 saturated carbocycles. The molecule has 512 valence electrons. The lowest BCUT2D eigenvalue weighted by atomic mass is 9.99. The Kier molecular flexibility index (Phi) is 13.7. The molecule has 0 unspecified atom stereocenters. The molecular weight excluding hydrogens is 1340 g/mol. The smallest absolute Gasteiger partial charge is 0.145 e. The standard InChI is InChI=1S/2C52H32N2O/c1-2-11-33(12-3-1)34-21-25-38(26-22-34)53-46-18-8-6-16-40(46)43-31-36(23-28-47(43)53)37-24-29-48-44(32-37)51-49(30-27-42-41-17-7-9-20-50(41)55-52(42)51)54(48)45-19-10-14-35-13-4-5-15-39(35)45;1-2-11-33(12-3-1)34-21-25-38(26-22-34)53-45-18-8-6-16-40(45)42-31-36(23-27-46(42)53)37-24-28-47-43(32-37)51-48(29-30-50-52(51)41-17-7-9-20-49(41)55-50)54(47)44-19-10-14-35-13-4-5-15-39(35)44/h2*1-32H. The third-order valence-corrected chi connectivity index (χ3v) is 23.0. The van der Waals surface area contributed by atoms with Crippen molar-refractivity contribution in [3.63, 3.8) is 0 Å². The van der Waals surface area contributed by atoms with Gasteiger partial charge in [0.15, 0.2) is 0 Å². The van der Waals surface area contributed by atoms with Gasteiger partial charge in [-0.2, -0.15) is 0 Å². The highest BCUT2D eigenvalue weighted by Crippen LogP contribution is 2.47. The van der Waals surface area contributed by atoms with Crippen LogP contribution in [-0.2, 0) is 0 Å². The molecule has 0 amide bonds. The van der Waals surface area contributed by atoms with Crippen molar-refractivity contribution in [1.82, 2.24) is 18.3 Å². The normalized spacial score (nSPS) is 12.0. The molecule has 0 fully saturated rings. The van der Waals surface area contributed by atoms with Gasteiger partial charge in [-0.1, -0.05) is 255 Å². The minimum Gasteiger partial charge on any atom is -0.456 e. The summed E-state index contributed by atoms with van der Waals surface area (Å²) in [5, 5.41) is 19.1. The van der Waals surface area contributed by atoms with Gasteiger partial charge in [-0.25, -0.2) is 0 Å². The highest BCUT2D eigenvalue weighted by atomic mass is 16.3. The molecule has 0 atom stereocenters. The molecule has 0 aliphatic rings. The van der Waals surface area contributed by atoms with Crippen molar-refractivity contribution in [2.24, 2.45) is 0 Å². The lowest BCUT2D eigenvalue weighted by Gasteiger charge is -2.12. The van der Waals surface area contributed by atoms with Crippen LogP contribution >= 0.6 is 0 Å². The molecule has 6 heterocycles. The van der Waals surface area contributed by atoms with Crippen LogP contribution in [0.3, 0.4) is 0 Å². The van der Waals surface area contributed by atoms with Crippen LogP contribution < -0.4 is 0 Å². The Morgan fingerprint density at radius 2 is 0.518 bits per heavy atom. The van der Waals surface area contributed by atoms with Crippen LogP contribution in [0.4, 0.5) is 0 Å². The number of nitrogens with zero attached hydrogens (tertiary/aromatic N) is 4. The van der Waals surface area contributed by atoms with Gasteiger partial charge in [-0.15, -0.1) is 0 Å². The summed E-state index contributed by atoms with van der Waals surface area (Å²) in [6, 6.07) is 140. The number of para-hydroxylation sites is 4. The Morgan fingerprint density at radius 3 is 1.04 bits per heavy atom. The Morgan fingerprint density at radius 1 is 0.164 bits per heavy atom. The van der Waals surface area contributed by atoms with Crippen molar-refractivity contribution in [2.45, 2.75) is 0 Å². The number of benzene rings is 18. The van der Waals surface area contributed by atoms with Crippen molar-refractivity contribution >= 4 is 153 Å². The molecule has 0 bridgehead atoms. The van der Waals surface area contributed by atoms with Gasteiger partial charge in [-0.3, -0.25) is 0 Å². The van der Waals surface area contributed by atoms with E-state index in [-0.39, 0.29) is 0 Å². The average molecular weight is 1400 g/mol. The van der Waals surface area contributed by atoms with Gasteiger partial charge in [-0.05, 0) is 189 Å². The Labute approximate surface area is 631 Å². The average Bonchev–Trinajstić information content (AvgIpc) is 1.56. The zero-order valence-electron chi connectivity index (χ0n) is 59.6. The minimum absolute atomic E-state index is 0.905. The number of aromatic nitrogens is 4. The van der Waals surface area contributed by atoms with Gasteiger partial charge < -0.3 is 27.1 Å². The van der Waals surface area contributed by atoms with E-state index in [4.69, 9.17) is 8.83 Å². The van der Waals surface area contributed by atoms with Gasteiger partial charge in [0.1, 0.15) is 22.3 Å². The summed E-state index contributed by atoms with van der Waals surface area (Å²) in [5.41, 5.74) is 27.3. The zero-order chi connectivity index (χ0) is 72.1. The van der Waals surface area contributed by atoms with Crippen LogP contribution in [0.2, 0.25) is 0 Å². The lowest BCUT2D eigenvalue weighted by molar-refractivity contribution is 0.669. The van der Waals surface area contributed by atoms with Gasteiger partial charge in [0.05, 0.1) is 60.9 Å². The highest BCUT2D eigenvalue weighted by Gasteiger charge is 2.25. The second-order valence-corrected chi connectivity index (χ2v) is 29.0. The number of fused-ring (bicyclic) bond motifs is 22. The topological polar surface area (TPSA) is 46.0 Å². The van der Waals surface area contributed by atoms with E-state index in [0.29, 0.717) is 0 Å². The van der Waals surface area contributed by atoms with Crippen molar-refractivity contribution < 1.29 is 8.83 Å². The Balaban J connectivity index is 0.000000132. The van der Waals surface area contributed by atoms with E-state index in [1.165, 1.54) is 143 Å². The lowest BCUT2D eigenvalue weighted by Crippen LogP contribution is -1.95. The van der Waals surface area contributed by atoms with Crippen LogP contribution in [0, 0.1) is 0 Å². The summed E-state index contributed by atoms with van der Waals surface area (Å²) in [6.07, 6.45) is 0. The quantitative estimate of drug-likeness (QED) is 0.152. The van der Waals surface area contributed by atoms with Crippen molar-refractivity contribution in [2.75, 3.05) is 0 Å². The van der Waals surface area contributed by atoms with Crippen LogP contribution in [0.1, 0.15) is 0 Å². The first-order chi connectivity index (χ1) is 54.6. The second-order valence-electron chi connectivity index (χ2n) is 29.0. The van der Waals surface area contributed by atoms with E-state index in [0.717, 1.165) is 77.4 Å². The van der Waals surface area contributed by atoms with Crippen LogP contribution in [0.15, 0.2) is 397 Å². The van der Waals surface area contributed by atoms with Gasteiger partial charge in [0.25, 0.3) is 0 Å². The molecule has 0 spiro atoms. The summed E-state index contributed by atoms with van der Waals surface area (Å²) in [6.45, 7) is 0. The first kappa shape index (κ1) is 61.6. The summed E-state index contributed by atoms with van der Waals surface area (Å²) in [5.74, 6) is 0. The van der Waals surface area contributed by atoms with Gasteiger partial charge in [0, 0.05) is 81.4 Å². The fourth-order valence-corrected chi connectivity index (χ4v) is 18.0. The zero-order valence-corrected chi connectivity index (χ0v) is 59.6. The summed E-state index contributed by atoms with van der Waals surface area (Å²) >= 11 is 0. The van der Waals surface area contributed by atoms with E-state index >= 15 is 0 Å². The largest absolute Gasteiger partial charge is 0.456 e. The fraction of sp³-hybridized carbons (Fsp3) is 0. The molecular formula is C104H64N4O2. The molecule has 24 aromatic rings. The highest BCUT2D eigenvalue weighted by molar-refractivity contribution is 6.29. The molecule has 6 nitrogen and oxygen atoms in total. The third-order valence-electron chi connectivity index (χ3n) is 23.0. The predicted molar refractivity (Wildman–Crippen MR) is 462 cm³/mol. The number of rotatable bonds is 8. The maximum atomic E-state index is 6.72. The number of hydrogen-bond donors (Lipinski definition) is 0. The molecule has 18 aromatic carbocycles. The molecule has 110 heavy (non-hydrogen) atoms. The molecule has 0 saturated heterocycles. The van der Waals surface area contributed by atoms with Crippen LogP contribution in [0.5, 0.6) is 0 Å². The molecule has 0 aliphatic carbocycles. The first-order valence-corrected chi connectivity index (χ1v) is 37.7. The van der Waals surface area contributed by atoms with E-state index in [1.807, 2.05) is 12.1 Å². The van der Waals surface area contributed by atoms with Crippen molar-refractivity contribution in [3.05, 3.63) is 388 Å². The Hall–Kier alpha value is -14.7. The summed E-state index contributed by atoms with van der Waals surface area (Å²) in [4.78, 5) is 0. The summed E-state index contributed by atoms with van der Waals surface area (Å²) in [7, 11) is 0.